The van der Waals surface area contributed by atoms with Gasteiger partial charge in [0.2, 0.25) is 0 Å². The Bertz CT molecular complexity index is 104. The molecule has 1 heterocycles. The summed E-state index contributed by atoms with van der Waals surface area (Å²) >= 11 is 0. The zero-order chi connectivity index (χ0) is 8.10. The predicted octanol–water partition coefficient (Wildman–Crippen LogP) is 0.838. The zero-order valence-corrected chi connectivity index (χ0v) is 7.84. The molecule has 0 spiro atoms. The predicted molar refractivity (Wildman–Crippen MR) is 43.3 cm³/mol. The Kier molecular flexibility index (Phi) is 4.26. The van der Waals surface area contributed by atoms with E-state index in [9.17, 15) is 0 Å². The van der Waals surface area contributed by atoms with E-state index < -0.39 is 8.53 Å². The van der Waals surface area contributed by atoms with E-state index in [0.29, 0.717) is 26.4 Å². The van der Waals surface area contributed by atoms with E-state index in [2.05, 4.69) is 0 Å². The molecule has 0 aromatic heterocycles. The second-order valence-electron chi connectivity index (χ2n) is 2.36. The quantitative estimate of drug-likeness (QED) is 0.558. The molecular weight excluding hydrogens is 165 g/mol. The van der Waals surface area contributed by atoms with Crippen molar-refractivity contribution in [3.63, 3.8) is 0 Å². The monoisotopic (exact) mass is 179 g/mol. The fourth-order valence-electron chi connectivity index (χ4n) is 0.719. The van der Waals surface area contributed by atoms with Gasteiger partial charge in [0, 0.05) is 0 Å². The molecule has 66 valence electrons. The minimum atomic E-state index is -0.821. The van der Waals surface area contributed by atoms with Gasteiger partial charge in [0.1, 0.15) is 0 Å². The maximum absolute atomic E-state index is 5.39. The molecule has 11 heavy (non-hydrogen) atoms. The minimum Gasteiger partial charge on any atom is -0.377 e. The van der Waals surface area contributed by atoms with Crippen LogP contribution in [0.3, 0.4) is 0 Å². The van der Waals surface area contributed by atoms with Gasteiger partial charge in [-0.25, -0.2) is 4.67 Å². The van der Waals surface area contributed by atoms with E-state index in [4.69, 9.17) is 13.8 Å². The van der Waals surface area contributed by atoms with E-state index in [1.807, 2.05) is 18.8 Å². The van der Waals surface area contributed by atoms with Gasteiger partial charge in [-0.15, -0.1) is 0 Å². The van der Waals surface area contributed by atoms with E-state index in [1.54, 1.807) is 0 Å². The molecule has 0 aromatic rings. The first-order chi connectivity index (χ1) is 5.30. The molecule has 0 aromatic carbocycles. The van der Waals surface area contributed by atoms with Crippen LogP contribution in [0.4, 0.5) is 0 Å². The summed E-state index contributed by atoms with van der Waals surface area (Å²) in [4.78, 5) is 0. The Morgan fingerprint density at radius 2 is 1.55 bits per heavy atom. The van der Waals surface area contributed by atoms with Gasteiger partial charge in [-0.1, -0.05) is 0 Å². The molecule has 0 N–H and O–H groups in total. The number of hydrogen-bond acceptors (Lipinski definition) is 4. The summed E-state index contributed by atoms with van der Waals surface area (Å²) in [7, 11) is 3.08. The molecule has 1 saturated heterocycles. The Labute approximate surface area is 68.4 Å². The fraction of sp³-hybridized carbons (Fsp3) is 1.00. The molecule has 1 aliphatic rings. The topological polar surface area (TPSA) is 30.9 Å². The van der Waals surface area contributed by atoms with Crippen LogP contribution in [0.5, 0.6) is 0 Å². The highest BCUT2D eigenvalue weighted by Crippen LogP contribution is 2.40. The highest BCUT2D eigenvalue weighted by Gasteiger charge is 2.15. The Morgan fingerprint density at radius 3 is 2.00 bits per heavy atom. The molecule has 0 bridgehead atoms. The van der Waals surface area contributed by atoms with Gasteiger partial charge in [-0.05, 0) is 14.1 Å². The van der Waals surface area contributed by atoms with Crippen molar-refractivity contribution in [1.29, 1.82) is 0 Å². The normalized spacial score (nSPS) is 23.2. The lowest BCUT2D eigenvalue weighted by Crippen LogP contribution is -2.17. The van der Waals surface area contributed by atoms with Gasteiger partial charge in [-0.3, -0.25) is 0 Å². The lowest BCUT2D eigenvalue weighted by Gasteiger charge is -2.24. The summed E-state index contributed by atoms with van der Waals surface area (Å²) < 4.78 is 17.9. The number of hydrogen-bond donors (Lipinski definition) is 0. The highest BCUT2D eigenvalue weighted by atomic mass is 31.2. The van der Waals surface area contributed by atoms with Gasteiger partial charge in [0.25, 0.3) is 8.53 Å². The average molecular weight is 179 g/mol. The Morgan fingerprint density at radius 1 is 1.00 bits per heavy atom. The van der Waals surface area contributed by atoms with Crippen LogP contribution in [0.1, 0.15) is 0 Å². The van der Waals surface area contributed by atoms with Crippen LogP contribution in [0.25, 0.3) is 0 Å². The first-order valence-corrected chi connectivity index (χ1v) is 4.74. The smallest absolute Gasteiger partial charge is 0.258 e. The molecule has 0 saturated carbocycles. The minimum absolute atomic E-state index is 0.629. The lowest BCUT2D eigenvalue weighted by molar-refractivity contribution is 0.0471. The number of ether oxygens (including phenoxy) is 1. The van der Waals surface area contributed by atoms with E-state index >= 15 is 0 Å². The van der Waals surface area contributed by atoms with Crippen LogP contribution in [-0.2, 0) is 13.8 Å². The number of rotatable bonds is 1. The van der Waals surface area contributed by atoms with Crippen molar-refractivity contribution in [1.82, 2.24) is 4.67 Å². The summed E-state index contributed by atoms with van der Waals surface area (Å²) in [5, 5.41) is 0. The van der Waals surface area contributed by atoms with Gasteiger partial charge >= 0.3 is 0 Å². The third-order valence-corrected chi connectivity index (χ3v) is 2.65. The van der Waals surface area contributed by atoms with Crippen LogP contribution >= 0.6 is 8.53 Å². The first-order valence-electron chi connectivity index (χ1n) is 3.61. The summed E-state index contributed by atoms with van der Waals surface area (Å²) in [6.07, 6.45) is 0. The zero-order valence-electron chi connectivity index (χ0n) is 6.95. The average Bonchev–Trinajstić information content (AvgIpc) is 1.84. The standard InChI is InChI=1S/C6H14NO3P/c1-7(2)11-9-5-3-8-4-6-10-11/h3-6H2,1-2H3. The van der Waals surface area contributed by atoms with Crippen molar-refractivity contribution in [3.05, 3.63) is 0 Å². The van der Waals surface area contributed by atoms with Crippen molar-refractivity contribution >= 4 is 8.53 Å². The van der Waals surface area contributed by atoms with Crippen molar-refractivity contribution in [2.45, 2.75) is 0 Å². The second-order valence-corrected chi connectivity index (χ2v) is 4.16. The molecule has 1 fully saturated rings. The molecule has 0 atom stereocenters. The highest BCUT2D eigenvalue weighted by molar-refractivity contribution is 7.44. The Hall–Kier alpha value is 0.270. The summed E-state index contributed by atoms with van der Waals surface area (Å²) in [6.45, 7) is 2.61. The van der Waals surface area contributed by atoms with Crippen LogP contribution in [0, 0.1) is 0 Å². The number of nitrogens with zero attached hydrogens (tertiary/aromatic N) is 1. The van der Waals surface area contributed by atoms with E-state index in [1.165, 1.54) is 0 Å². The van der Waals surface area contributed by atoms with E-state index in [-0.39, 0.29) is 0 Å². The maximum Gasteiger partial charge on any atom is 0.258 e. The molecule has 0 unspecified atom stereocenters. The van der Waals surface area contributed by atoms with Gasteiger partial charge in [0.15, 0.2) is 0 Å². The van der Waals surface area contributed by atoms with Crippen LogP contribution in [0.15, 0.2) is 0 Å². The molecule has 5 heteroatoms. The SMILES string of the molecule is CN(C)P1OCCOCCO1. The summed E-state index contributed by atoms with van der Waals surface area (Å²) in [5.74, 6) is 0. The maximum atomic E-state index is 5.39. The summed E-state index contributed by atoms with van der Waals surface area (Å²) in [5.41, 5.74) is 0. The third kappa shape index (κ3) is 3.45. The Balaban J connectivity index is 2.26. The molecule has 0 aliphatic carbocycles. The molecule has 4 nitrogen and oxygen atoms in total. The van der Waals surface area contributed by atoms with Crippen molar-refractivity contribution in [2.75, 3.05) is 40.5 Å². The second kappa shape index (κ2) is 5.01. The van der Waals surface area contributed by atoms with Crippen molar-refractivity contribution in [2.24, 2.45) is 0 Å². The summed E-state index contributed by atoms with van der Waals surface area (Å²) in [6, 6.07) is 0. The van der Waals surface area contributed by atoms with Gasteiger partial charge in [-0.2, -0.15) is 0 Å². The first kappa shape index (κ1) is 9.36. The largest absolute Gasteiger partial charge is 0.377 e. The van der Waals surface area contributed by atoms with E-state index in [0.717, 1.165) is 0 Å². The van der Waals surface area contributed by atoms with Gasteiger partial charge in [0.05, 0.1) is 26.4 Å². The van der Waals surface area contributed by atoms with Crippen molar-refractivity contribution < 1.29 is 13.8 Å². The molecule has 1 aliphatic heterocycles. The lowest BCUT2D eigenvalue weighted by atomic mass is 10.7. The van der Waals surface area contributed by atoms with Gasteiger partial charge < -0.3 is 13.8 Å². The molecule has 0 amide bonds. The van der Waals surface area contributed by atoms with Crippen LogP contribution in [-0.4, -0.2) is 45.2 Å². The van der Waals surface area contributed by atoms with Crippen LogP contribution in [0.2, 0.25) is 0 Å². The molecular formula is C6H14NO3P. The van der Waals surface area contributed by atoms with Crippen molar-refractivity contribution in [3.8, 4) is 0 Å². The molecule has 0 radical (unpaired) electrons. The van der Waals surface area contributed by atoms with Crippen LogP contribution < -0.4 is 0 Å². The third-order valence-electron chi connectivity index (χ3n) is 1.19. The fourth-order valence-corrected chi connectivity index (χ4v) is 1.72. The molecule has 1 rings (SSSR count).